The van der Waals surface area contributed by atoms with Crippen LogP contribution >= 0.6 is 0 Å². The topological polar surface area (TPSA) is 92.3 Å². The molecule has 90 valence electrons. The van der Waals surface area contributed by atoms with Gasteiger partial charge in [0.05, 0.1) is 6.67 Å². The first-order valence-electron chi connectivity index (χ1n) is 4.39. The van der Waals surface area contributed by atoms with Crippen molar-refractivity contribution in [2.24, 2.45) is 0 Å². The van der Waals surface area contributed by atoms with Crippen LogP contribution in [0.2, 0.25) is 0 Å². The number of carbonyl (C=O) groups is 2. The quantitative estimate of drug-likeness (QED) is 0.479. The van der Waals surface area contributed by atoms with Crippen LogP contribution in [-0.2, 0) is 19.4 Å². The van der Waals surface area contributed by atoms with Gasteiger partial charge in [-0.2, -0.15) is 0 Å². The van der Waals surface area contributed by atoms with E-state index in [9.17, 15) is 18.0 Å². The Labute approximate surface area is 94.3 Å². The highest BCUT2D eigenvalue weighted by atomic mass is 32.2. The number of sulfone groups is 1. The van der Waals surface area contributed by atoms with Gasteiger partial charge >= 0.3 is 0 Å². The normalized spacial score (nSPS) is 12.3. The number of nitrogens with one attached hydrogen (secondary N) is 2. The van der Waals surface area contributed by atoms with Crippen LogP contribution in [0.3, 0.4) is 0 Å². The Morgan fingerprint density at radius 3 is 2.31 bits per heavy atom. The largest absolute Gasteiger partial charge is 0.338 e. The molecule has 1 unspecified atom stereocenters. The van der Waals surface area contributed by atoms with E-state index in [-0.39, 0.29) is 6.67 Å². The molecule has 6 nitrogen and oxygen atoms in total. The van der Waals surface area contributed by atoms with Crippen molar-refractivity contribution in [1.82, 2.24) is 10.6 Å². The standard InChI is InChI=1S/C9H14N2O4S/c1-4-8(12)10-6-11-9(13)7(3)16(14,15)5-2/h4-5,7H,1-2,6H2,3H3,(H,10,12)(H,11,13). The molecule has 2 amide bonds. The summed E-state index contributed by atoms with van der Waals surface area (Å²) in [6, 6.07) is 0. The predicted octanol–water partition coefficient (Wildman–Crippen LogP) is -0.691. The highest BCUT2D eigenvalue weighted by molar-refractivity contribution is 7.95. The van der Waals surface area contributed by atoms with Crippen molar-refractivity contribution in [2.75, 3.05) is 6.67 Å². The zero-order valence-corrected chi connectivity index (χ0v) is 9.71. The third-order valence-corrected chi connectivity index (χ3v) is 3.47. The van der Waals surface area contributed by atoms with E-state index in [4.69, 9.17) is 0 Å². The molecule has 0 heterocycles. The van der Waals surface area contributed by atoms with Gasteiger partial charge in [0.15, 0.2) is 9.84 Å². The maximum Gasteiger partial charge on any atom is 0.244 e. The lowest BCUT2D eigenvalue weighted by Crippen LogP contribution is -2.42. The highest BCUT2D eigenvalue weighted by Crippen LogP contribution is 2.01. The Kier molecular flexibility index (Phi) is 5.44. The predicted molar refractivity (Wildman–Crippen MR) is 59.9 cm³/mol. The molecule has 0 bridgehead atoms. The number of rotatable bonds is 6. The van der Waals surface area contributed by atoms with Crippen molar-refractivity contribution < 1.29 is 18.0 Å². The minimum atomic E-state index is -3.63. The molecule has 0 aromatic carbocycles. The van der Waals surface area contributed by atoms with Crippen LogP contribution in [0.1, 0.15) is 6.92 Å². The maximum atomic E-state index is 11.3. The smallest absolute Gasteiger partial charge is 0.244 e. The molecule has 0 saturated heterocycles. The first-order valence-corrected chi connectivity index (χ1v) is 6.00. The molecule has 0 aliphatic heterocycles. The molecule has 0 aliphatic rings. The van der Waals surface area contributed by atoms with Crippen LogP contribution in [0, 0.1) is 0 Å². The average Bonchev–Trinajstić information content (AvgIpc) is 2.27. The number of carbonyl (C=O) groups excluding carboxylic acids is 2. The van der Waals surface area contributed by atoms with Crippen LogP contribution < -0.4 is 10.6 Å². The lowest BCUT2D eigenvalue weighted by Gasteiger charge is -2.10. The summed E-state index contributed by atoms with van der Waals surface area (Å²) < 4.78 is 22.4. The monoisotopic (exact) mass is 246 g/mol. The zero-order valence-electron chi connectivity index (χ0n) is 8.89. The molecular formula is C9H14N2O4S. The number of amides is 2. The summed E-state index contributed by atoms with van der Waals surface area (Å²) in [6.07, 6.45) is 1.04. The average molecular weight is 246 g/mol. The van der Waals surface area contributed by atoms with E-state index >= 15 is 0 Å². The molecule has 0 aromatic rings. The van der Waals surface area contributed by atoms with Gasteiger partial charge in [-0.05, 0) is 13.0 Å². The van der Waals surface area contributed by atoms with Crippen LogP contribution in [0.15, 0.2) is 24.6 Å². The number of hydrogen-bond donors (Lipinski definition) is 2. The Balaban J connectivity index is 4.23. The summed E-state index contributed by atoms with van der Waals surface area (Å²) in [5.74, 6) is -1.16. The summed E-state index contributed by atoms with van der Waals surface area (Å²) >= 11 is 0. The van der Waals surface area contributed by atoms with Crippen molar-refractivity contribution in [2.45, 2.75) is 12.2 Å². The van der Waals surface area contributed by atoms with Gasteiger partial charge in [-0.3, -0.25) is 9.59 Å². The molecule has 0 saturated carbocycles. The zero-order chi connectivity index (χ0) is 12.8. The van der Waals surface area contributed by atoms with Crippen LogP contribution in [0.5, 0.6) is 0 Å². The van der Waals surface area contributed by atoms with Gasteiger partial charge in [-0.15, -0.1) is 0 Å². The van der Waals surface area contributed by atoms with Crippen LogP contribution in [0.4, 0.5) is 0 Å². The van der Waals surface area contributed by atoms with Crippen molar-refractivity contribution in [3.8, 4) is 0 Å². The second-order valence-corrected chi connectivity index (χ2v) is 5.08. The molecule has 0 fully saturated rings. The molecule has 0 radical (unpaired) electrons. The minimum absolute atomic E-state index is 0.152. The van der Waals surface area contributed by atoms with Crippen molar-refractivity contribution in [3.05, 3.63) is 24.6 Å². The fraction of sp³-hybridized carbons (Fsp3) is 0.333. The highest BCUT2D eigenvalue weighted by Gasteiger charge is 2.24. The van der Waals surface area contributed by atoms with Crippen molar-refractivity contribution in [3.63, 3.8) is 0 Å². The molecule has 2 N–H and O–H groups in total. The van der Waals surface area contributed by atoms with Gasteiger partial charge in [0.2, 0.25) is 11.8 Å². The Bertz CT molecular complexity index is 400. The molecule has 0 aliphatic carbocycles. The first-order chi connectivity index (χ1) is 7.35. The summed E-state index contributed by atoms with van der Waals surface area (Å²) in [5.41, 5.74) is 0. The second-order valence-electron chi connectivity index (χ2n) is 2.86. The summed E-state index contributed by atoms with van der Waals surface area (Å²) in [5, 5.41) is 4.01. The fourth-order valence-corrected chi connectivity index (χ4v) is 1.40. The Morgan fingerprint density at radius 2 is 1.88 bits per heavy atom. The molecule has 7 heteroatoms. The van der Waals surface area contributed by atoms with Gasteiger partial charge in [0.1, 0.15) is 5.25 Å². The summed E-state index contributed by atoms with van der Waals surface area (Å²) in [4.78, 5) is 22.0. The first kappa shape index (κ1) is 14.4. The molecular weight excluding hydrogens is 232 g/mol. The molecule has 16 heavy (non-hydrogen) atoms. The van der Waals surface area contributed by atoms with E-state index in [0.29, 0.717) is 0 Å². The molecule has 0 spiro atoms. The maximum absolute atomic E-state index is 11.3. The van der Waals surface area contributed by atoms with E-state index < -0.39 is 26.9 Å². The fourth-order valence-electron chi connectivity index (χ4n) is 0.728. The number of hydrogen-bond acceptors (Lipinski definition) is 4. The SMILES string of the molecule is C=CC(=O)NCNC(=O)C(C)S(=O)(=O)C=C. The summed E-state index contributed by atoms with van der Waals surface area (Å²) in [6.45, 7) is 7.40. The molecule has 0 rings (SSSR count). The Morgan fingerprint density at radius 1 is 1.31 bits per heavy atom. The van der Waals surface area contributed by atoms with Crippen molar-refractivity contribution >= 4 is 21.7 Å². The third kappa shape index (κ3) is 4.26. The Hall–Kier alpha value is -1.63. The van der Waals surface area contributed by atoms with E-state index in [1.54, 1.807) is 0 Å². The van der Waals surface area contributed by atoms with Gasteiger partial charge in [-0.25, -0.2) is 8.42 Å². The van der Waals surface area contributed by atoms with Gasteiger partial charge in [0.25, 0.3) is 0 Å². The van der Waals surface area contributed by atoms with Crippen molar-refractivity contribution in [1.29, 1.82) is 0 Å². The second kappa shape index (κ2) is 6.06. The molecule has 0 aromatic heterocycles. The van der Waals surface area contributed by atoms with E-state index in [2.05, 4.69) is 23.8 Å². The summed E-state index contributed by atoms with van der Waals surface area (Å²) in [7, 11) is -3.63. The van der Waals surface area contributed by atoms with Crippen LogP contribution in [0.25, 0.3) is 0 Å². The lowest BCUT2D eigenvalue weighted by atomic mass is 10.4. The third-order valence-electron chi connectivity index (χ3n) is 1.80. The van der Waals surface area contributed by atoms with E-state index in [1.165, 1.54) is 6.92 Å². The minimum Gasteiger partial charge on any atom is -0.338 e. The molecule has 1 atom stereocenters. The van der Waals surface area contributed by atoms with Gasteiger partial charge in [-0.1, -0.05) is 13.2 Å². The van der Waals surface area contributed by atoms with Gasteiger partial charge < -0.3 is 10.6 Å². The lowest BCUT2D eigenvalue weighted by molar-refractivity contribution is -0.121. The van der Waals surface area contributed by atoms with E-state index in [1.807, 2.05) is 0 Å². The van der Waals surface area contributed by atoms with Gasteiger partial charge in [0, 0.05) is 5.41 Å². The van der Waals surface area contributed by atoms with Crippen LogP contribution in [-0.4, -0.2) is 32.2 Å². The van der Waals surface area contributed by atoms with E-state index in [0.717, 1.165) is 11.5 Å².